The molecule has 30 heavy (non-hydrogen) atoms. The lowest BCUT2D eigenvalue weighted by Crippen LogP contribution is -2.13. The number of para-hydroxylation sites is 2. The van der Waals surface area contributed by atoms with Crippen LogP contribution >= 0.6 is 11.3 Å². The molecule has 6 heteroatoms. The van der Waals surface area contributed by atoms with Gasteiger partial charge in [-0.1, -0.05) is 42.5 Å². The van der Waals surface area contributed by atoms with E-state index in [0.29, 0.717) is 5.56 Å². The van der Waals surface area contributed by atoms with Crippen molar-refractivity contribution in [1.29, 1.82) is 0 Å². The molecule has 150 valence electrons. The fourth-order valence-corrected chi connectivity index (χ4v) is 3.81. The zero-order valence-electron chi connectivity index (χ0n) is 16.7. The topological polar surface area (TPSA) is 63.2 Å². The van der Waals surface area contributed by atoms with Crippen molar-refractivity contribution in [1.82, 2.24) is 4.98 Å². The van der Waals surface area contributed by atoms with Crippen LogP contribution in [0.5, 0.6) is 5.75 Å². The first-order valence-corrected chi connectivity index (χ1v) is 10.3. The number of thiazole rings is 1. The molecule has 1 amide bonds. The van der Waals surface area contributed by atoms with Gasteiger partial charge in [-0.05, 0) is 42.8 Å². The molecule has 0 aliphatic rings. The fourth-order valence-electron chi connectivity index (χ4n) is 3.08. The summed E-state index contributed by atoms with van der Waals surface area (Å²) in [6, 6.07) is 22.9. The largest absolute Gasteiger partial charge is 0.495 e. The lowest BCUT2D eigenvalue weighted by Gasteiger charge is -2.08. The lowest BCUT2D eigenvalue weighted by atomic mass is 10.1. The molecule has 0 fully saturated rings. The van der Waals surface area contributed by atoms with E-state index in [1.54, 1.807) is 7.11 Å². The summed E-state index contributed by atoms with van der Waals surface area (Å²) in [6.45, 7) is 1.93. The van der Waals surface area contributed by atoms with Crippen LogP contribution in [0.1, 0.15) is 15.9 Å². The number of anilines is 3. The van der Waals surface area contributed by atoms with Gasteiger partial charge in [0.15, 0.2) is 5.13 Å². The third-order valence-corrected chi connectivity index (χ3v) is 5.44. The maximum absolute atomic E-state index is 12.5. The van der Waals surface area contributed by atoms with Crippen molar-refractivity contribution in [3.05, 3.63) is 89.3 Å². The van der Waals surface area contributed by atoms with Gasteiger partial charge in [-0.15, -0.1) is 11.3 Å². The van der Waals surface area contributed by atoms with E-state index in [-0.39, 0.29) is 5.91 Å². The molecule has 2 N–H and O–H groups in total. The monoisotopic (exact) mass is 415 g/mol. The van der Waals surface area contributed by atoms with Crippen molar-refractivity contribution in [3.8, 4) is 17.0 Å². The normalized spacial score (nSPS) is 10.5. The van der Waals surface area contributed by atoms with Crippen LogP contribution < -0.4 is 15.4 Å². The van der Waals surface area contributed by atoms with Gasteiger partial charge in [0, 0.05) is 22.2 Å². The number of ether oxygens (including phenoxy) is 1. The van der Waals surface area contributed by atoms with E-state index < -0.39 is 0 Å². The molecule has 5 nitrogen and oxygen atoms in total. The molecule has 0 spiro atoms. The molecule has 0 aliphatic heterocycles. The predicted molar refractivity (Wildman–Crippen MR) is 123 cm³/mol. The van der Waals surface area contributed by atoms with Crippen LogP contribution in [-0.4, -0.2) is 18.0 Å². The molecule has 0 saturated heterocycles. The Balaban J connectivity index is 1.46. The second-order valence-electron chi connectivity index (χ2n) is 6.71. The number of aryl methyl sites for hydroxylation is 1. The fraction of sp³-hybridized carbons (Fsp3) is 0.0833. The Morgan fingerprint density at radius 2 is 1.70 bits per heavy atom. The number of nitrogens with zero attached hydrogens (tertiary/aromatic N) is 1. The first-order valence-electron chi connectivity index (χ1n) is 9.47. The van der Waals surface area contributed by atoms with Crippen LogP contribution in [0, 0.1) is 6.92 Å². The summed E-state index contributed by atoms with van der Waals surface area (Å²) in [5.74, 6) is 0.654. The zero-order chi connectivity index (χ0) is 20.9. The smallest absolute Gasteiger partial charge is 0.255 e. The van der Waals surface area contributed by atoms with Gasteiger partial charge >= 0.3 is 0 Å². The lowest BCUT2D eigenvalue weighted by molar-refractivity contribution is 0.102. The van der Waals surface area contributed by atoms with Gasteiger partial charge in [0.2, 0.25) is 0 Å². The van der Waals surface area contributed by atoms with E-state index in [2.05, 4.69) is 15.6 Å². The van der Waals surface area contributed by atoms with Gasteiger partial charge in [0.25, 0.3) is 5.91 Å². The van der Waals surface area contributed by atoms with E-state index in [1.165, 1.54) is 11.3 Å². The SMILES string of the molecule is COc1ccccc1Nc1nc(-c2ccc(NC(=O)c3ccccc3C)cc2)cs1. The van der Waals surface area contributed by atoms with Gasteiger partial charge in [-0.25, -0.2) is 4.98 Å². The molecule has 1 heterocycles. The minimum Gasteiger partial charge on any atom is -0.495 e. The molecule has 0 atom stereocenters. The molecule has 0 unspecified atom stereocenters. The zero-order valence-corrected chi connectivity index (χ0v) is 17.5. The average molecular weight is 416 g/mol. The number of methoxy groups -OCH3 is 1. The maximum atomic E-state index is 12.5. The Morgan fingerprint density at radius 1 is 0.967 bits per heavy atom. The molecule has 0 aliphatic carbocycles. The van der Waals surface area contributed by atoms with Crippen molar-refractivity contribution in [2.45, 2.75) is 6.92 Å². The summed E-state index contributed by atoms with van der Waals surface area (Å²) < 4.78 is 5.37. The van der Waals surface area contributed by atoms with E-state index in [4.69, 9.17) is 4.74 Å². The molecule has 4 rings (SSSR count). The van der Waals surface area contributed by atoms with Crippen LogP contribution in [-0.2, 0) is 0 Å². The highest BCUT2D eigenvalue weighted by Crippen LogP contribution is 2.31. The van der Waals surface area contributed by atoms with Gasteiger partial charge in [0.1, 0.15) is 5.75 Å². The Kier molecular flexibility index (Phi) is 5.77. The number of hydrogen-bond donors (Lipinski definition) is 2. The number of hydrogen-bond acceptors (Lipinski definition) is 5. The second-order valence-corrected chi connectivity index (χ2v) is 7.57. The van der Waals surface area contributed by atoms with Gasteiger partial charge in [-0.3, -0.25) is 4.79 Å². The summed E-state index contributed by atoms with van der Waals surface area (Å²) in [5.41, 5.74) is 5.09. The highest BCUT2D eigenvalue weighted by Gasteiger charge is 2.10. The molecule has 3 aromatic carbocycles. The Morgan fingerprint density at radius 3 is 2.47 bits per heavy atom. The molecule has 4 aromatic rings. The summed E-state index contributed by atoms with van der Waals surface area (Å²) in [7, 11) is 1.65. The molecular formula is C24H21N3O2S. The standard InChI is InChI=1S/C24H21N3O2S/c1-16-7-3-4-8-19(16)23(28)25-18-13-11-17(12-14-18)21-15-30-24(27-21)26-20-9-5-6-10-22(20)29-2/h3-15H,1-2H3,(H,25,28)(H,26,27). The highest BCUT2D eigenvalue weighted by molar-refractivity contribution is 7.14. The first kappa shape index (κ1) is 19.7. The van der Waals surface area contributed by atoms with E-state index in [1.807, 2.05) is 85.1 Å². The van der Waals surface area contributed by atoms with Crippen molar-refractivity contribution in [2.75, 3.05) is 17.7 Å². The summed E-state index contributed by atoms with van der Waals surface area (Å²) in [4.78, 5) is 17.1. The van der Waals surface area contributed by atoms with Crippen molar-refractivity contribution >= 4 is 33.8 Å². The third kappa shape index (κ3) is 4.34. The quantitative estimate of drug-likeness (QED) is 0.398. The number of benzene rings is 3. The summed E-state index contributed by atoms with van der Waals surface area (Å²) in [5, 5.41) is 9.03. The van der Waals surface area contributed by atoms with Crippen molar-refractivity contribution in [2.24, 2.45) is 0 Å². The van der Waals surface area contributed by atoms with Gasteiger partial charge in [0.05, 0.1) is 18.5 Å². The Labute approximate surface area is 179 Å². The molecule has 0 saturated carbocycles. The Bertz CT molecular complexity index is 1170. The number of aromatic nitrogens is 1. The van der Waals surface area contributed by atoms with E-state index in [9.17, 15) is 4.79 Å². The molecule has 1 aromatic heterocycles. The third-order valence-electron chi connectivity index (χ3n) is 4.68. The van der Waals surface area contributed by atoms with Crippen LogP contribution in [0.15, 0.2) is 78.2 Å². The summed E-state index contributed by atoms with van der Waals surface area (Å²) in [6.07, 6.45) is 0. The van der Waals surface area contributed by atoms with Crippen molar-refractivity contribution in [3.63, 3.8) is 0 Å². The predicted octanol–water partition coefficient (Wildman–Crippen LogP) is 6.12. The minimum absolute atomic E-state index is 0.113. The first-order chi connectivity index (χ1) is 14.6. The number of amides is 1. The van der Waals surface area contributed by atoms with Crippen LogP contribution in [0.25, 0.3) is 11.3 Å². The van der Waals surface area contributed by atoms with Crippen LogP contribution in [0.4, 0.5) is 16.5 Å². The summed E-state index contributed by atoms with van der Waals surface area (Å²) >= 11 is 1.52. The molecule has 0 radical (unpaired) electrons. The average Bonchev–Trinajstić information content (AvgIpc) is 3.23. The molecular weight excluding hydrogens is 394 g/mol. The number of carbonyl (C=O) groups is 1. The van der Waals surface area contributed by atoms with Crippen LogP contribution in [0.3, 0.4) is 0 Å². The number of carbonyl (C=O) groups excluding carboxylic acids is 1. The maximum Gasteiger partial charge on any atom is 0.255 e. The highest BCUT2D eigenvalue weighted by atomic mass is 32.1. The second kappa shape index (κ2) is 8.80. The Hall–Kier alpha value is -3.64. The van der Waals surface area contributed by atoms with E-state index in [0.717, 1.165) is 39.1 Å². The van der Waals surface area contributed by atoms with Crippen LogP contribution in [0.2, 0.25) is 0 Å². The minimum atomic E-state index is -0.113. The number of nitrogens with one attached hydrogen (secondary N) is 2. The van der Waals surface area contributed by atoms with Gasteiger partial charge < -0.3 is 15.4 Å². The van der Waals surface area contributed by atoms with Crippen molar-refractivity contribution < 1.29 is 9.53 Å². The molecule has 0 bridgehead atoms. The number of rotatable bonds is 6. The van der Waals surface area contributed by atoms with Gasteiger partial charge in [-0.2, -0.15) is 0 Å². The van der Waals surface area contributed by atoms with E-state index >= 15 is 0 Å².